The first-order chi connectivity index (χ1) is 19.5. The van der Waals surface area contributed by atoms with Gasteiger partial charge in [-0.3, -0.25) is 9.36 Å². The van der Waals surface area contributed by atoms with Gasteiger partial charge in [0, 0.05) is 27.8 Å². The fourth-order valence-electron chi connectivity index (χ4n) is 5.76. The van der Waals surface area contributed by atoms with E-state index in [-0.39, 0.29) is 11.6 Å². The average molecular weight is 565 g/mol. The number of rotatable bonds is 4. The maximum absolute atomic E-state index is 14.1. The predicted molar refractivity (Wildman–Crippen MR) is 160 cm³/mol. The van der Waals surface area contributed by atoms with Crippen molar-refractivity contribution in [1.82, 2.24) is 4.57 Å². The van der Waals surface area contributed by atoms with E-state index in [2.05, 4.69) is 18.2 Å². The molecule has 5 nitrogen and oxygen atoms in total. The highest BCUT2D eigenvalue weighted by atomic mass is 35.5. The van der Waals surface area contributed by atoms with E-state index in [9.17, 15) is 4.79 Å². The van der Waals surface area contributed by atoms with Crippen LogP contribution in [0.1, 0.15) is 40.5 Å². The van der Waals surface area contributed by atoms with Crippen molar-refractivity contribution in [3.8, 4) is 17.1 Å². The molecule has 5 aromatic rings. The molecule has 2 aromatic heterocycles. The molecule has 0 bridgehead atoms. The number of para-hydroxylation sites is 1. The molecule has 0 saturated carbocycles. The van der Waals surface area contributed by atoms with Crippen LogP contribution in [0.3, 0.4) is 0 Å². The van der Waals surface area contributed by atoms with Crippen LogP contribution in [0.2, 0.25) is 5.02 Å². The second-order valence-corrected chi connectivity index (χ2v) is 11.5. The summed E-state index contributed by atoms with van der Waals surface area (Å²) in [6, 6.07) is 25.6. The molecule has 1 aliphatic carbocycles. The van der Waals surface area contributed by atoms with Gasteiger partial charge in [-0.15, -0.1) is 0 Å². The smallest absolute Gasteiger partial charge is 0.271 e. The first-order valence-corrected chi connectivity index (χ1v) is 14.3. The Morgan fingerprint density at radius 2 is 1.85 bits per heavy atom. The molecule has 3 heterocycles. The van der Waals surface area contributed by atoms with Gasteiger partial charge in [0.05, 0.1) is 23.4 Å². The third kappa shape index (κ3) is 4.07. The molecule has 0 N–H and O–H groups in total. The number of nitrogens with zero attached hydrogens (tertiary/aromatic N) is 2. The molecule has 7 rings (SSSR count). The number of methoxy groups -OCH3 is 1. The Bertz CT molecular complexity index is 2010. The van der Waals surface area contributed by atoms with Gasteiger partial charge in [-0.25, -0.2) is 4.99 Å². The first-order valence-electron chi connectivity index (χ1n) is 13.1. The van der Waals surface area contributed by atoms with Crippen LogP contribution < -0.4 is 19.6 Å². The zero-order chi connectivity index (χ0) is 27.4. The highest BCUT2D eigenvalue weighted by molar-refractivity contribution is 7.07. The van der Waals surface area contributed by atoms with E-state index in [4.69, 9.17) is 25.7 Å². The SMILES string of the molecule is COc1ccccc1[C@H]1C2=C(N=c3s/c(=C\c4ccc(-c5cc(Cl)ccc5C)o4)c(=O)n31)c1ccccc1CC2. The lowest BCUT2D eigenvalue weighted by molar-refractivity contribution is 0.402. The number of hydrogen-bond donors (Lipinski definition) is 0. The third-order valence-electron chi connectivity index (χ3n) is 7.67. The lowest BCUT2D eigenvalue weighted by atomic mass is 9.83. The number of furan rings is 1. The minimum Gasteiger partial charge on any atom is -0.496 e. The highest BCUT2D eigenvalue weighted by Gasteiger charge is 2.34. The molecule has 0 saturated heterocycles. The number of thiazole rings is 1. The van der Waals surface area contributed by atoms with Crippen molar-refractivity contribution in [1.29, 1.82) is 0 Å². The minimum atomic E-state index is -0.306. The van der Waals surface area contributed by atoms with Gasteiger partial charge in [0.1, 0.15) is 17.3 Å². The number of benzene rings is 3. The molecule has 1 aliphatic heterocycles. The summed E-state index contributed by atoms with van der Waals surface area (Å²) in [7, 11) is 1.67. The molecule has 0 spiro atoms. The second-order valence-electron chi connectivity index (χ2n) is 10.0. The van der Waals surface area contributed by atoms with E-state index in [1.54, 1.807) is 7.11 Å². The van der Waals surface area contributed by atoms with E-state index in [1.165, 1.54) is 16.9 Å². The molecule has 0 radical (unpaired) electrons. The summed E-state index contributed by atoms with van der Waals surface area (Å²) in [6.45, 7) is 2.02. The van der Waals surface area contributed by atoms with Crippen molar-refractivity contribution in [2.24, 2.45) is 4.99 Å². The molecular formula is C33H25ClN2O3S. The average Bonchev–Trinajstić information content (AvgIpc) is 3.57. The number of hydrogen-bond acceptors (Lipinski definition) is 5. The van der Waals surface area contributed by atoms with E-state index in [0.717, 1.165) is 52.1 Å². The summed E-state index contributed by atoms with van der Waals surface area (Å²) in [4.78, 5) is 19.8. The molecule has 0 unspecified atom stereocenters. The van der Waals surface area contributed by atoms with Gasteiger partial charge in [0.15, 0.2) is 4.80 Å². The van der Waals surface area contributed by atoms with Gasteiger partial charge in [-0.05, 0) is 66.8 Å². The predicted octanol–water partition coefficient (Wildman–Crippen LogP) is 6.55. The molecule has 1 atom stereocenters. The zero-order valence-electron chi connectivity index (χ0n) is 22.0. The molecule has 2 aliphatic rings. The summed E-state index contributed by atoms with van der Waals surface area (Å²) < 4.78 is 14.3. The van der Waals surface area contributed by atoms with Crippen molar-refractivity contribution in [3.05, 3.63) is 137 Å². The van der Waals surface area contributed by atoms with Gasteiger partial charge in [0.2, 0.25) is 0 Å². The Morgan fingerprint density at radius 1 is 1.02 bits per heavy atom. The van der Waals surface area contributed by atoms with Crippen LogP contribution >= 0.6 is 22.9 Å². The normalized spacial score (nSPS) is 16.3. The fraction of sp³-hybridized carbons (Fsp3) is 0.152. The Kier molecular flexibility index (Phi) is 6.10. The van der Waals surface area contributed by atoms with Crippen LogP contribution in [-0.2, 0) is 6.42 Å². The largest absolute Gasteiger partial charge is 0.496 e. The van der Waals surface area contributed by atoms with Crippen molar-refractivity contribution < 1.29 is 9.15 Å². The highest BCUT2D eigenvalue weighted by Crippen LogP contribution is 2.43. The molecule has 7 heteroatoms. The standard InChI is InChI=1S/C33H25ClN2O3S/c1-19-11-13-21(34)17-26(19)28-16-14-22(39-28)18-29-32(37)36-31(24-9-5-6-10-27(24)38-2)25-15-12-20-7-3-4-8-23(20)30(25)35-33(36)40-29/h3-11,13-14,16-18,31H,12,15H2,1-2H3/b29-18-/t31-/m0/s1. The summed E-state index contributed by atoms with van der Waals surface area (Å²) in [5.74, 6) is 2.06. The van der Waals surface area contributed by atoms with Gasteiger partial charge < -0.3 is 9.15 Å². The topological polar surface area (TPSA) is 56.7 Å². The van der Waals surface area contributed by atoms with Crippen LogP contribution in [0.5, 0.6) is 5.75 Å². The quantitative estimate of drug-likeness (QED) is 0.249. The van der Waals surface area contributed by atoms with Crippen LogP contribution in [-0.4, -0.2) is 11.7 Å². The van der Waals surface area contributed by atoms with Crippen LogP contribution in [0, 0.1) is 6.92 Å². The van der Waals surface area contributed by atoms with Crippen molar-refractivity contribution in [2.45, 2.75) is 25.8 Å². The number of fused-ring (bicyclic) bond motifs is 3. The molecule has 198 valence electrons. The van der Waals surface area contributed by atoms with Gasteiger partial charge >= 0.3 is 0 Å². The third-order valence-corrected chi connectivity index (χ3v) is 8.89. The van der Waals surface area contributed by atoms with E-state index >= 15 is 0 Å². The second kappa shape index (κ2) is 9.81. The molecule has 3 aromatic carbocycles. The van der Waals surface area contributed by atoms with Gasteiger partial charge in [-0.1, -0.05) is 71.5 Å². The molecule has 0 amide bonds. The zero-order valence-corrected chi connectivity index (χ0v) is 23.6. The van der Waals surface area contributed by atoms with Crippen molar-refractivity contribution in [3.63, 3.8) is 0 Å². The van der Waals surface area contributed by atoms with E-state index in [1.807, 2.05) is 78.2 Å². The van der Waals surface area contributed by atoms with Crippen molar-refractivity contribution in [2.75, 3.05) is 7.11 Å². The van der Waals surface area contributed by atoms with E-state index < -0.39 is 0 Å². The maximum Gasteiger partial charge on any atom is 0.271 e. The Morgan fingerprint density at radius 3 is 2.73 bits per heavy atom. The van der Waals surface area contributed by atoms with Crippen LogP contribution in [0.25, 0.3) is 23.1 Å². The fourth-order valence-corrected chi connectivity index (χ4v) is 6.91. The number of aromatic nitrogens is 1. The minimum absolute atomic E-state index is 0.0954. The lowest BCUT2D eigenvalue weighted by Crippen LogP contribution is -2.38. The summed E-state index contributed by atoms with van der Waals surface area (Å²) in [5.41, 5.74) is 7.36. The number of ether oxygens (including phenoxy) is 1. The number of halogens is 1. The number of aryl methyl sites for hydroxylation is 2. The van der Waals surface area contributed by atoms with Crippen LogP contribution in [0.4, 0.5) is 0 Å². The molecular weight excluding hydrogens is 540 g/mol. The van der Waals surface area contributed by atoms with Gasteiger partial charge in [0.25, 0.3) is 5.56 Å². The summed E-state index contributed by atoms with van der Waals surface area (Å²) in [6.07, 6.45) is 3.53. The Labute approximate surface area is 240 Å². The van der Waals surface area contributed by atoms with Crippen LogP contribution in [0.15, 0.2) is 98.6 Å². The maximum atomic E-state index is 14.1. The van der Waals surface area contributed by atoms with E-state index in [0.29, 0.717) is 25.9 Å². The van der Waals surface area contributed by atoms with Gasteiger partial charge in [-0.2, -0.15) is 0 Å². The summed E-state index contributed by atoms with van der Waals surface area (Å²) in [5, 5.41) is 0.647. The molecule has 40 heavy (non-hydrogen) atoms. The Balaban J connectivity index is 1.42. The first kappa shape index (κ1) is 24.9. The Hall–Kier alpha value is -4.13. The molecule has 0 fully saturated rings. The lowest BCUT2D eigenvalue weighted by Gasteiger charge is -2.31. The number of allylic oxidation sites excluding steroid dienone is 1. The summed E-state index contributed by atoms with van der Waals surface area (Å²) >= 11 is 7.62. The van der Waals surface area contributed by atoms with Crippen molar-refractivity contribution >= 4 is 34.7 Å². The monoisotopic (exact) mass is 564 g/mol.